The van der Waals surface area contributed by atoms with Crippen LogP contribution in [0.25, 0.3) is 5.57 Å². The van der Waals surface area contributed by atoms with E-state index in [0.29, 0.717) is 29.5 Å². The summed E-state index contributed by atoms with van der Waals surface area (Å²) in [5, 5.41) is 19.8. The van der Waals surface area contributed by atoms with Gasteiger partial charge in [0, 0.05) is 36.8 Å². The third-order valence-corrected chi connectivity index (χ3v) is 7.26. The molecule has 0 bridgehead atoms. The molecule has 0 atom stereocenters. The third kappa shape index (κ3) is 7.35. The number of nitrogens with zero attached hydrogens (tertiary/aromatic N) is 2. The second-order valence-corrected chi connectivity index (χ2v) is 11.0. The molecule has 3 heterocycles. The highest BCUT2D eigenvalue weighted by Gasteiger charge is 2.35. The van der Waals surface area contributed by atoms with Crippen molar-refractivity contribution in [2.45, 2.75) is 40.3 Å². The summed E-state index contributed by atoms with van der Waals surface area (Å²) in [6, 6.07) is 11.8. The van der Waals surface area contributed by atoms with E-state index in [9.17, 15) is 9.90 Å². The second-order valence-electron chi connectivity index (χ2n) is 11.0. The summed E-state index contributed by atoms with van der Waals surface area (Å²) in [5.74, 6) is -0.424. The Labute approximate surface area is 247 Å². The molecule has 9 heteroatoms. The number of hydrogen-bond acceptors (Lipinski definition) is 8. The molecule has 1 aromatic carbocycles. The molecule has 9 nitrogen and oxygen atoms in total. The van der Waals surface area contributed by atoms with E-state index >= 15 is 0 Å². The monoisotopic (exact) mass is 572 g/mol. The van der Waals surface area contributed by atoms with Crippen LogP contribution in [0.4, 0.5) is 5.82 Å². The minimum Gasteiger partial charge on any atom is -0.488 e. The lowest BCUT2D eigenvalue weighted by atomic mass is 9.87. The van der Waals surface area contributed by atoms with E-state index in [1.807, 2.05) is 13.0 Å². The number of ether oxygens (including phenoxy) is 3. The van der Waals surface area contributed by atoms with Gasteiger partial charge in [-0.15, -0.1) is 0 Å². The number of hydrogen-bond donors (Lipinski definition) is 3. The summed E-state index contributed by atoms with van der Waals surface area (Å²) >= 11 is 0. The van der Waals surface area contributed by atoms with Crippen LogP contribution in [0.15, 0.2) is 78.4 Å². The zero-order chi connectivity index (χ0) is 30.3. The minimum atomic E-state index is -1.28. The Hall–Kier alpha value is -4.21. The Kier molecular flexibility index (Phi) is 9.98. The van der Waals surface area contributed by atoms with Crippen LogP contribution in [0, 0.1) is 10.8 Å². The topological polar surface area (TPSA) is 117 Å². The Morgan fingerprint density at radius 2 is 2.05 bits per heavy atom. The van der Waals surface area contributed by atoms with Crippen LogP contribution in [0.1, 0.15) is 43.2 Å². The Morgan fingerprint density at radius 3 is 2.67 bits per heavy atom. The van der Waals surface area contributed by atoms with E-state index in [1.165, 1.54) is 11.1 Å². The molecule has 1 saturated heterocycles. The number of carbonyl (C=O) groups is 1. The quantitative estimate of drug-likeness (QED) is 0.117. The standard InChI is InChI=1S/C33H40N4O5/c1-6-26(28-9-8-10-29(35-28)36-31(41-7-2)27(16-34)32(38)39)30(22(3)4)42-18-23-11-12-25-17-37(14-13-24(25)15-23)19-33(5)20-40-21-33/h6,8-12,15-16,34H,1,3,7,13-14,17-21H2,2,4-5H3,(H,35,36)(H,38,39)/b30-26-,31-27-,34-16?. The Balaban J connectivity index is 1.51. The first-order chi connectivity index (χ1) is 20.2. The number of allylic oxidation sites excluding steroid dienone is 3. The summed E-state index contributed by atoms with van der Waals surface area (Å²) in [6.07, 6.45) is 3.41. The molecule has 1 aromatic heterocycles. The number of benzene rings is 1. The van der Waals surface area contributed by atoms with Gasteiger partial charge in [0.05, 0.1) is 25.5 Å². The average Bonchev–Trinajstić information content (AvgIpc) is 2.94. The van der Waals surface area contributed by atoms with Gasteiger partial charge < -0.3 is 30.0 Å². The van der Waals surface area contributed by atoms with Gasteiger partial charge in [0.15, 0.2) is 0 Å². The first kappa shape index (κ1) is 30.7. The van der Waals surface area contributed by atoms with E-state index in [2.05, 4.69) is 53.5 Å². The number of fused-ring (bicyclic) bond motifs is 1. The predicted octanol–water partition coefficient (Wildman–Crippen LogP) is 5.56. The van der Waals surface area contributed by atoms with Crippen molar-refractivity contribution in [1.82, 2.24) is 9.88 Å². The number of pyridine rings is 1. The van der Waals surface area contributed by atoms with Gasteiger partial charge in [-0.05, 0) is 54.7 Å². The molecule has 0 amide bonds. The molecule has 0 spiro atoms. The van der Waals surface area contributed by atoms with E-state index in [4.69, 9.17) is 19.6 Å². The highest BCUT2D eigenvalue weighted by molar-refractivity contribution is 6.08. The lowest BCUT2D eigenvalue weighted by Gasteiger charge is -2.43. The molecule has 0 unspecified atom stereocenters. The first-order valence-corrected chi connectivity index (χ1v) is 14.1. The molecule has 2 aliphatic rings. The molecular weight excluding hydrogens is 532 g/mol. The summed E-state index contributed by atoms with van der Waals surface area (Å²) in [7, 11) is 0. The van der Waals surface area contributed by atoms with Crippen molar-refractivity contribution in [3.05, 3.63) is 101 Å². The fraction of sp³-hybridized carbons (Fsp3) is 0.364. The van der Waals surface area contributed by atoms with Crippen molar-refractivity contribution in [3.8, 4) is 0 Å². The highest BCUT2D eigenvalue weighted by atomic mass is 16.5. The number of nitrogens with one attached hydrogen (secondary N) is 2. The molecular formula is C33H40N4O5. The number of rotatable bonds is 14. The van der Waals surface area contributed by atoms with Crippen molar-refractivity contribution in [3.63, 3.8) is 0 Å². The largest absolute Gasteiger partial charge is 0.488 e. The average molecular weight is 573 g/mol. The Bertz CT molecular complexity index is 1420. The molecule has 0 radical (unpaired) electrons. The lowest BCUT2D eigenvalue weighted by Crippen LogP contribution is -2.49. The van der Waals surface area contributed by atoms with Crippen LogP contribution in [-0.4, -0.2) is 60.1 Å². The summed E-state index contributed by atoms with van der Waals surface area (Å²) < 4.78 is 17.2. The molecule has 42 heavy (non-hydrogen) atoms. The number of carboxylic acids is 1. The molecule has 222 valence electrons. The maximum atomic E-state index is 11.6. The van der Waals surface area contributed by atoms with Gasteiger partial charge in [-0.1, -0.05) is 50.4 Å². The van der Waals surface area contributed by atoms with E-state index < -0.39 is 5.97 Å². The first-order valence-electron chi connectivity index (χ1n) is 14.1. The van der Waals surface area contributed by atoms with Gasteiger partial charge in [-0.2, -0.15) is 0 Å². The van der Waals surface area contributed by atoms with Gasteiger partial charge in [-0.3, -0.25) is 4.90 Å². The number of aliphatic carboxylic acids is 1. The van der Waals surface area contributed by atoms with Gasteiger partial charge in [0.2, 0.25) is 5.88 Å². The number of aromatic nitrogens is 1. The molecule has 1 fully saturated rings. The molecule has 2 aromatic rings. The third-order valence-electron chi connectivity index (χ3n) is 7.26. The molecule has 4 rings (SSSR count). The normalized spacial score (nSPS) is 17.0. The van der Waals surface area contributed by atoms with E-state index in [-0.39, 0.29) is 23.5 Å². The fourth-order valence-electron chi connectivity index (χ4n) is 5.19. The smallest absolute Gasteiger partial charge is 0.342 e. The van der Waals surface area contributed by atoms with Gasteiger partial charge in [-0.25, -0.2) is 9.78 Å². The molecule has 0 aliphatic carbocycles. The summed E-state index contributed by atoms with van der Waals surface area (Å²) in [4.78, 5) is 18.7. The molecule has 0 saturated carbocycles. The summed E-state index contributed by atoms with van der Waals surface area (Å²) in [6.45, 7) is 19.3. The number of anilines is 1. The summed E-state index contributed by atoms with van der Waals surface area (Å²) in [5.41, 5.74) is 5.69. The van der Waals surface area contributed by atoms with Gasteiger partial charge >= 0.3 is 5.97 Å². The van der Waals surface area contributed by atoms with Crippen molar-refractivity contribution in [1.29, 1.82) is 5.41 Å². The predicted molar refractivity (Wildman–Crippen MR) is 164 cm³/mol. The van der Waals surface area contributed by atoms with Gasteiger partial charge in [0.1, 0.15) is 23.8 Å². The SMILES string of the molecule is C=C/C(=C(/OCc1ccc2c(c1)CCN(CC1(C)COC1)C2)C(=C)C)c1cccc(N/C(OCC)=C(\C=N)C(=O)O)n1. The van der Waals surface area contributed by atoms with Crippen LogP contribution < -0.4 is 5.32 Å². The number of carboxylic acid groups (broad SMARTS) is 1. The fourth-order valence-corrected chi connectivity index (χ4v) is 5.19. The molecule has 3 N–H and O–H groups in total. The second kappa shape index (κ2) is 13.6. The van der Waals surface area contributed by atoms with Gasteiger partial charge in [0.25, 0.3) is 0 Å². The van der Waals surface area contributed by atoms with E-state index in [1.54, 1.807) is 25.1 Å². The zero-order valence-electron chi connectivity index (χ0n) is 24.7. The van der Waals surface area contributed by atoms with Crippen LogP contribution in [0.2, 0.25) is 0 Å². The lowest BCUT2D eigenvalue weighted by molar-refractivity contribution is -0.132. The van der Waals surface area contributed by atoms with Crippen molar-refractivity contribution in [2.75, 3.05) is 38.2 Å². The van der Waals surface area contributed by atoms with Crippen molar-refractivity contribution in [2.24, 2.45) is 5.41 Å². The maximum absolute atomic E-state index is 11.6. The van der Waals surface area contributed by atoms with Crippen molar-refractivity contribution >= 4 is 23.6 Å². The van der Waals surface area contributed by atoms with Crippen molar-refractivity contribution < 1.29 is 24.1 Å². The highest BCUT2D eigenvalue weighted by Crippen LogP contribution is 2.31. The minimum absolute atomic E-state index is 0.0630. The molecule has 2 aliphatic heterocycles. The zero-order valence-corrected chi connectivity index (χ0v) is 24.7. The van der Waals surface area contributed by atoms with Crippen LogP contribution in [-0.2, 0) is 38.6 Å². The maximum Gasteiger partial charge on any atom is 0.342 e. The van der Waals surface area contributed by atoms with Crippen LogP contribution in [0.3, 0.4) is 0 Å². The Morgan fingerprint density at radius 1 is 1.26 bits per heavy atom. The van der Waals surface area contributed by atoms with Crippen LogP contribution in [0.5, 0.6) is 0 Å². The van der Waals surface area contributed by atoms with Crippen LogP contribution >= 0.6 is 0 Å². The van der Waals surface area contributed by atoms with E-state index in [0.717, 1.165) is 56.6 Å².